The number of benzene rings is 2. The summed E-state index contributed by atoms with van der Waals surface area (Å²) in [6.07, 6.45) is 0. The molecule has 0 aliphatic heterocycles. The Morgan fingerprint density at radius 3 is 2.47 bits per heavy atom. The van der Waals surface area contributed by atoms with Crippen LogP contribution >= 0.6 is 27.7 Å². The van der Waals surface area contributed by atoms with E-state index in [-0.39, 0.29) is 0 Å². The number of nitrogens with zero attached hydrogens (tertiary/aromatic N) is 1. The molecule has 0 saturated carbocycles. The van der Waals surface area contributed by atoms with Crippen LogP contribution in [0.4, 0.5) is 5.69 Å². The molecule has 0 unspecified atom stereocenters. The lowest BCUT2D eigenvalue weighted by molar-refractivity contribution is 1.34. The summed E-state index contributed by atoms with van der Waals surface area (Å²) in [6, 6.07) is 15.5. The Kier molecular flexibility index (Phi) is 3.72. The molecule has 0 amide bonds. The number of halogens is 1. The number of hydrogen-bond acceptors (Lipinski definition) is 3. The third-order valence-corrected chi connectivity index (χ3v) is 3.75. The van der Waals surface area contributed by atoms with Crippen molar-refractivity contribution in [2.24, 2.45) is 0 Å². The lowest BCUT2D eigenvalue weighted by atomic mass is 10.2. The lowest BCUT2D eigenvalue weighted by Gasteiger charge is -2.04. The Balaban J connectivity index is 2.30. The smallest absolute Gasteiger partial charge is 0.100 e. The minimum atomic E-state index is 0.668. The van der Waals surface area contributed by atoms with E-state index in [4.69, 9.17) is 11.0 Å². The van der Waals surface area contributed by atoms with Crippen molar-refractivity contribution in [2.45, 2.75) is 9.79 Å². The molecule has 4 heteroatoms. The summed E-state index contributed by atoms with van der Waals surface area (Å²) < 4.78 is 0.913. The number of nitrogens with two attached hydrogens (primary N) is 1. The van der Waals surface area contributed by atoms with Gasteiger partial charge in [0.05, 0.1) is 5.56 Å². The van der Waals surface area contributed by atoms with Gasteiger partial charge in [0.2, 0.25) is 0 Å². The van der Waals surface area contributed by atoms with Crippen LogP contribution in [-0.4, -0.2) is 0 Å². The first-order valence-corrected chi connectivity index (χ1v) is 6.53. The molecule has 0 atom stereocenters. The molecule has 0 saturated heterocycles. The summed E-state index contributed by atoms with van der Waals surface area (Å²) in [6.45, 7) is 0. The monoisotopic (exact) mass is 304 g/mol. The molecule has 0 heterocycles. The maximum absolute atomic E-state index is 9.06. The van der Waals surface area contributed by atoms with Crippen LogP contribution < -0.4 is 5.73 Å². The van der Waals surface area contributed by atoms with Gasteiger partial charge in [-0.1, -0.05) is 27.7 Å². The second-order valence-corrected chi connectivity index (χ2v) is 5.45. The summed E-state index contributed by atoms with van der Waals surface area (Å²) >= 11 is 4.91. The summed E-state index contributed by atoms with van der Waals surface area (Å²) in [5.74, 6) is 0. The topological polar surface area (TPSA) is 49.8 Å². The number of anilines is 1. The van der Waals surface area contributed by atoms with Crippen molar-refractivity contribution in [1.82, 2.24) is 0 Å². The Morgan fingerprint density at radius 2 is 1.82 bits per heavy atom. The zero-order valence-corrected chi connectivity index (χ0v) is 11.3. The predicted molar refractivity (Wildman–Crippen MR) is 73.8 cm³/mol. The molecule has 2 aromatic rings. The minimum Gasteiger partial charge on any atom is -0.399 e. The van der Waals surface area contributed by atoms with Gasteiger partial charge in [-0.3, -0.25) is 0 Å². The van der Waals surface area contributed by atoms with Crippen LogP contribution in [0.15, 0.2) is 56.7 Å². The number of nitrogen functional groups attached to an aromatic ring is 1. The van der Waals surface area contributed by atoms with Crippen LogP contribution in [0.2, 0.25) is 0 Å². The molecule has 84 valence electrons. The highest BCUT2D eigenvalue weighted by atomic mass is 79.9. The third-order valence-electron chi connectivity index (χ3n) is 2.17. The van der Waals surface area contributed by atoms with Gasteiger partial charge in [-0.25, -0.2) is 0 Å². The fourth-order valence-electron chi connectivity index (χ4n) is 1.34. The average molecular weight is 305 g/mol. The van der Waals surface area contributed by atoms with E-state index in [1.807, 2.05) is 42.5 Å². The summed E-state index contributed by atoms with van der Waals surface area (Å²) in [5, 5.41) is 9.06. The van der Waals surface area contributed by atoms with E-state index in [1.54, 1.807) is 11.8 Å². The van der Waals surface area contributed by atoms with Gasteiger partial charge in [0.15, 0.2) is 0 Å². The van der Waals surface area contributed by atoms with E-state index >= 15 is 0 Å². The van der Waals surface area contributed by atoms with Crippen molar-refractivity contribution in [3.63, 3.8) is 0 Å². The van der Waals surface area contributed by atoms with Gasteiger partial charge in [0.25, 0.3) is 0 Å². The Bertz CT molecular complexity index is 573. The molecule has 2 rings (SSSR count). The number of nitriles is 1. The highest BCUT2D eigenvalue weighted by molar-refractivity contribution is 9.10. The molecule has 2 nitrogen and oxygen atoms in total. The maximum Gasteiger partial charge on any atom is 0.100 e. The highest BCUT2D eigenvalue weighted by Crippen LogP contribution is 2.32. The molecule has 17 heavy (non-hydrogen) atoms. The molecule has 0 spiro atoms. The van der Waals surface area contributed by atoms with Crippen LogP contribution in [0.5, 0.6) is 0 Å². The Morgan fingerprint density at radius 1 is 1.12 bits per heavy atom. The van der Waals surface area contributed by atoms with Gasteiger partial charge in [-0.15, -0.1) is 0 Å². The van der Waals surface area contributed by atoms with Crippen LogP contribution in [0.3, 0.4) is 0 Å². The van der Waals surface area contributed by atoms with Crippen molar-refractivity contribution in [1.29, 1.82) is 5.26 Å². The Labute approximate surface area is 113 Å². The van der Waals surface area contributed by atoms with Crippen LogP contribution in [0.25, 0.3) is 0 Å². The van der Waals surface area contributed by atoms with Gasteiger partial charge >= 0.3 is 0 Å². The van der Waals surface area contributed by atoms with Gasteiger partial charge in [-0.2, -0.15) is 5.26 Å². The number of hydrogen-bond donors (Lipinski definition) is 1. The van der Waals surface area contributed by atoms with E-state index in [1.165, 1.54) is 0 Å². The van der Waals surface area contributed by atoms with Crippen molar-refractivity contribution in [2.75, 3.05) is 5.73 Å². The molecule has 0 radical (unpaired) electrons. The summed E-state index contributed by atoms with van der Waals surface area (Å²) in [5.41, 5.74) is 7.04. The van der Waals surface area contributed by atoms with Crippen LogP contribution in [-0.2, 0) is 0 Å². The molecule has 0 aliphatic rings. The van der Waals surface area contributed by atoms with Crippen molar-refractivity contribution in [3.05, 3.63) is 52.5 Å². The van der Waals surface area contributed by atoms with E-state index in [9.17, 15) is 0 Å². The molecule has 0 aliphatic carbocycles. The molecule has 2 aromatic carbocycles. The standard InChI is InChI=1S/C13H9BrN2S/c14-10-1-6-13(9(7-10)8-15)17-12-4-2-11(16)3-5-12/h1-7H,16H2. The fourth-order valence-corrected chi connectivity index (χ4v) is 2.58. The van der Waals surface area contributed by atoms with E-state index < -0.39 is 0 Å². The summed E-state index contributed by atoms with van der Waals surface area (Å²) in [7, 11) is 0. The van der Waals surface area contributed by atoms with Crippen LogP contribution in [0, 0.1) is 11.3 Å². The largest absolute Gasteiger partial charge is 0.399 e. The molecule has 2 N–H and O–H groups in total. The first-order valence-electron chi connectivity index (χ1n) is 4.92. The van der Waals surface area contributed by atoms with Gasteiger partial charge in [0.1, 0.15) is 6.07 Å². The molecule has 0 fully saturated rings. The second-order valence-electron chi connectivity index (χ2n) is 3.42. The second kappa shape index (κ2) is 5.26. The first-order chi connectivity index (χ1) is 8.19. The van der Waals surface area contributed by atoms with Gasteiger partial charge < -0.3 is 5.73 Å². The minimum absolute atomic E-state index is 0.668. The first kappa shape index (κ1) is 12.0. The van der Waals surface area contributed by atoms with Gasteiger partial charge in [-0.05, 0) is 42.5 Å². The molecule has 0 aromatic heterocycles. The molecular formula is C13H9BrN2S. The quantitative estimate of drug-likeness (QED) is 0.851. The molecular weight excluding hydrogens is 296 g/mol. The van der Waals surface area contributed by atoms with E-state index in [2.05, 4.69) is 22.0 Å². The summed E-state index contributed by atoms with van der Waals surface area (Å²) in [4.78, 5) is 2.01. The van der Waals surface area contributed by atoms with Gasteiger partial charge in [0, 0.05) is 20.0 Å². The zero-order chi connectivity index (χ0) is 12.3. The molecule has 0 bridgehead atoms. The lowest BCUT2D eigenvalue weighted by Crippen LogP contribution is -1.84. The maximum atomic E-state index is 9.06. The number of rotatable bonds is 2. The fraction of sp³-hybridized carbons (Fsp3) is 0. The SMILES string of the molecule is N#Cc1cc(Br)ccc1Sc1ccc(N)cc1. The zero-order valence-electron chi connectivity index (χ0n) is 8.85. The van der Waals surface area contributed by atoms with Crippen molar-refractivity contribution >= 4 is 33.4 Å². The van der Waals surface area contributed by atoms with Crippen LogP contribution in [0.1, 0.15) is 5.56 Å². The predicted octanol–water partition coefficient (Wildman–Crippen LogP) is 4.05. The highest BCUT2D eigenvalue weighted by Gasteiger charge is 2.04. The van der Waals surface area contributed by atoms with E-state index in [0.29, 0.717) is 5.56 Å². The van der Waals surface area contributed by atoms with Crippen molar-refractivity contribution < 1.29 is 0 Å². The third kappa shape index (κ3) is 3.02. The average Bonchev–Trinajstić information content (AvgIpc) is 2.34. The normalized spacial score (nSPS) is 9.88. The Hall–Kier alpha value is -1.44. The van der Waals surface area contributed by atoms with E-state index in [0.717, 1.165) is 20.0 Å². The van der Waals surface area contributed by atoms with Crippen molar-refractivity contribution in [3.8, 4) is 6.07 Å².